The lowest BCUT2D eigenvalue weighted by molar-refractivity contribution is 0.595. The van der Waals surface area contributed by atoms with Crippen molar-refractivity contribution in [2.24, 2.45) is 0 Å². The molecule has 0 amide bonds. The summed E-state index contributed by atoms with van der Waals surface area (Å²) in [5.41, 5.74) is 0.517. The first kappa shape index (κ1) is 10.2. The van der Waals surface area contributed by atoms with E-state index in [0.29, 0.717) is 12.2 Å². The Kier molecular flexibility index (Phi) is 3.02. The van der Waals surface area contributed by atoms with Gasteiger partial charge in [0.2, 0.25) is 0 Å². The Hall–Kier alpha value is -0.910. The molecule has 0 radical (unpaired) electrons. The van der Waals surface area contributed by atoms with Crippen LogP contribution in [0, 0.1) is 0 Å². The zero-order chi connectivity index (χ0) is 9.90. The fourth-order valence-electron chi connectivity index (χ4n) is 0.887. The Morgan fingerprint density at radius 3 is 2.62 bits per heavy atom. The lowest BCUT2D eigenvalue weighted by atomic mass is 10.5. The van der Waals surface area contributed by atoms with Crippen LogP contribution in [0.3, 0.4) is 0 Å². The van der Waals surface area contributed by atoms with Crippen molar-refractivity contribution in [1.82, 2.24) is 15.0 Å². The smallest absolute Gasteiger partial charge is 0.155 e. The maximum Gasteiger partial charge on any atom is 0.155 e. The van der Waals surface area contributed by atoms with Crippen molar-refractivity contribution in [2.45, 2.75) is 26.1 Å². The Morgan fingerprint density at radius 2 is 2.15 bits per heavy atom. The molecule has 0 saturated heterocycles. The molecule has 1 aromatic rings. The largest absolute Gasteiger partial charge is 0.253 e. The van der Waals surface area contributed by atoms with E-state index in [1.54, 1.807) is 17.8 Å². The minimum atomic E-state index is -2.98. The average Bonchev–Trinajstić information content (AvgIpc) is 2.52. The second kappa shape index (κ2) is 3.87. The number of aromatic nitrogens is 3. The van der Waals surface area contributed by atoms with Crippen molar-refractivity contribution in [3.05, 3.63) is 11.9 Å². The summed E-state index contributed by atoms with van der Waals surface area (Å²) in [6.07, 6.45) is 1.66. The SMILES string of the molecule is CCn1cc(CS(=O)(=O)CC)nn1. The summed E-state index contributed by atoms with van der Waals surface area (Å²) in [7, 11) is -2.98. The number of hydrogen-bond acceptors (Lipinski definition) is 4. The summed E-state index contributed by atoms with van der Waals surface area (Å²) < 4.78 is 24.0. The first-order valence-corrected chi connectivity index (χ1v) is 5.99. The molecule has 0 aliphatic rings. The molecule has 1 aromatic heterocycles. The highest BCUT2D eigenvalue weighted by Crippen LogP contribution is 2.01. The average molecular weight is 203 g/mol. The predicted molar refractivity (Wildman–Crippen MR) is 48.9 cm³/mol. The zero-order valence-corrected chi connectivity index (χ0v) is 8.58. The molecule has 0 bridgehead atoms. The molecule has 5 nitrogen and oxygen atoms in total. The second-order valence-electron chi connectivity index (χ2n) is 2.74. The molecular formula is C7H13N3O2S. The van der Waals surface area contributed by atoms with Gasteiger partial charge < -0.3 is 0 Å². The third-order valence-corrected chi connectivity index (χ3v) is 3.33. The summed E-state index contributed by atoms with van der Waals surface area (Å²) >= 11 is 0. The lowest BCUT2D eigenvalue weighted by Gasteiger charge is -1.95. The molecule has 1 rings (SSSR count). The van der Waals surface area contributed by atoms with Gasteiger partial charge in [-0.25, -0.2) is 8.42 Å². The molecule has 0 unspecified atom stereocenters. The molecule has 0 saturated carbocycles. The van der Waals surface area contributed by atoms with E-state index in [1.807, 2.05) is 6.92 Å². The number of nitrogens with zero attached hydrogens (tertiary/aromatic N) is 3. The lowest BCUT2D eigenvalue weighted by Crippen LogP contribution is -2.06. The standard InChI is InChI=1S/C7H13N3O2S/c1-3-10-5-7(8-9-10)6-13(11,12)4-2/h5H,3-4,6H2,1-2H3. The summed E-state index contributed by atoms with van der Waals surface area (Å²) in [6.45, 7) is 4.26. The van der Waals surface area contributed by atoms with Crippen LogP contribution in [-0.4, -0.2) is 29.2 Å². The maximum atomic E-state index is 11.2. The van der Waals surface area contributed by atoms with E-state index in [4.69, 9.17) is 0 Å². The van der Waals surface area contributed by atoms with Gasteiger partial charge in [0.15, 0.2) is 9.84 Å². The predicted octanol–water partition coefficient (Wildman–Crippen LogP) is 0.233. The van der Waals surface area contributed by atoms with E-state index >= 15 is 0 Å². The van der Waals surface area contributed by atoms with Crippen LogP contribution in [0.15, 0.2) is 6.20 Å². The van der Waals surface area contributed by atoms with Gasteiger partial charge in [-0.05, 0) is 6.92 Å². The van der Waals surface area contributed by atoms with Gasteiger partial charge in [-0.3, -0.25) is 4.68 Å². The first-order chi connectivity index (χ1) is 6.07. The third-order valence-electron chi connectivity index (χ3n) is 1.72. The monoisotopic (exact) mass is 203 g/mol. The first-order valence-electron chi connectivity index (χ1n) is 4.17. The summed E-state index contributed by atoms with van der Waals surface area (Å²) in [4.78, 5) is 0. The van der Waals surface area contributed by atoms with Gasteiger partial charge in [0.05, 0.1) is 11.4 Å². The molecule has 0 aliphatic heterocycles. The molecule has 0 aliphatic carbocycles. The molecule has 0 aromatic carbocycles. The van der Waals surface area contributed by atoms with Crippen molar-refractivity contribution in [3.8, 4) is 0 Å². The van der Waals surface area contributed by atoms with Crippen LogP contribution in [0.5, 0.6) is 0 Å². The number of hydrogen-bond donors (Lipinski definition) is 0. The topological polar surface area (TPSA) is 64.8 Å². The highest BCUT2D eigenvalue weighted by Gasteiger charge is 2.11. The Morgan fingerprint density at radius 1 is 1.46 bits per heavy atom. The highest BCUT2D eigenvalue weighted by molar-refractivity contribution is 7.90. The van der Waals surface area contributed by atoms with E-state index in [0.717, 1.165) is 0 Å². The molecule has 0 N–H and O–H groups in total. The summed E-state index contributed by atoms with van der Waals surface area (Å²) in [5.74, 6) is 0.134. The van der Waals surface area contributed by atoms with Gasteiger partial charge in [0, 0.05) is 18.5 Å². The van der Waals surface area contributed by atoms with Crippen molar-refractivity contribution in [1.29, 1.82) is 0 Å². The molecule has 0 spiro atoms. The zero-order valence-electron chi connectivity index (χ0n) is 7.77. The van der Waals surface area contributed by atoms with Crippen LogP contribution in [0.4, 0.5) is 0 Å². The molecular weight excluding hydrogens is 190 g/mol. The van der Waals surface area contributed by atoms with E-state index in [2.05, 4.69) is 10.3 Å². The normalized spacial score (nSPS) is 11.8. The Balaban J connectivity index is 2.75. The quantitative estimate of drug-likeness (QED) is 0.702. The van der Waals surface area contributed by atoms with E-state index in [-0.39, 0.29) is 11.5 Å². The van der Waals surface area contributed by atoms with E-state index < -0.39 is 9.84 Å². The van der Waals surface area contributed by atoms with Gasteiger partial charge in [0.25, 0.3) is 0 Å². The van der Waals surface area contributed by atoms with E-state index in [1.165, 1.54) is 0 Å². The number of sulfone groups is 1. The Labute approximate surface area is 77.7 Å². The summed E-state index contributed by atoms with van der Waals surface area (Å²) in [6, 6.07) is 0. The number of aryl methyl sites for hydroxylation is 1. The Bertz CT molecular complexity index is 369. The highest BCUT2D eigenvalue weighted by atomic mass is 32.2. The molecule has 13 heavy (non-hydrogen) atoms. The van der Waals surface area contributed by atoms with Crippen molar-refractivity contribution < 1.29 is 8.42 Å². The maximum absolute atomic E-state index is 11.2. The summed E-state index contributed by atoms with van der Waals surface area (Å²) in [5, 5.41) is 7.51. The van der Waals surface area contributed by atoms with Gasteiger partial charge in [-0.1, -0.05) is 12.1 Å². The minimum absolute atomic E-state index is 0.0104. The third kappa shape index (κ3) is 2.80. The van der Waals surface area contributed by atoms with Crippen molar-refractivity contribution in [3.63, 3.8) is 0 Å². The van der Waals surface area contributed by atoms with Crippen LogP contribution in [-0.2, 0) is 22.1 Å². The van der Waals surface area contributed by atoms with Crippen molar-refractivity contribution in [2.75, 3.05) is 5.75 Å². The van der Waals surface area contributed by atoms with Gasteiger partial charge >= 0.3 is 0 Å². The molecule has 0 atom stereocenters. The molecule has 74 valence electrons. The number of rotatable bonds is 4. The second-order valence-corrected chi connectivity index (χ2v) is 5.10. The van der Waals surface area contributed by atoms with Gasteiger partial charge in [-0.15, -0.1) is 5.10 Å². The van der Waals surface area contributed by atoms with Crippen LogP contribution in [0.2, 0.25) is 0 Å². The fraction of sp³-hybridized carbons (Fsp3) is 0.714. The van der Waals surface area contributed by atoms with E-state index in [9.17, 15) is 8.42 Å². The molecule has 6 heteroatoms. The van der Waals surface area contributed by atoms with Gasteiger partial charge in [0.1, 0.15) is 0 Å². The van der Waals surface area contributed by atoms with Gasteiger partial charge in [-0.2, -0.15) is 0 Å². The fourth-order valence-corrected chi connectivity index (χ4v) is 1.67. The van der Waals surface area contributed by atoms with Crippen molar-refractivity contribution >= 4 is 9.84 Å². The minimum Gasteiger partial charge on any atom is -0.253 e. The molecule has 1 heterocycles. The van der Waals surface area contributed by atoms with Crippen LogP contribution >= 0.6 is 0 Å². The van der Waals surface area contributed by atoms with Crippen LogP contribution in [0.25, 0.3) is 0 Å². The molecule has 0 fully saturated rings. The van der Waals surface area contributed by atoms with Crippen LogP contribution in [0.1, 0.15) is 19.5 Å². The van der Waals surface area contributed by atoms with Crippen LogP contribution < -0.4 is 0 Å².